The quantitative estimate of drug-likeness (QED) is 0.692. The first-order valence-corrected chi connectivity index (χ1v) is 6.28. The largest absolute Gasteiger partial charge is 0.381 e. The molecule has 104 valence electrons. The van der Waals surface area contributed by atoms with E-state index >= 15 is 0 Å². The smallest absolute Gasteiger partial charge is 0.244 e. The fourth-order valence-corrected chi connectivity index (χ4v) is 2.45. The molecular formula is C12H17N3O4. The van der Waals surface area contributed by atoms with Crippen molar-refractivity contribution in [2.24, 2.45) is 11.1 Å². The van der Waals surface area contributed by atoms with Crippen LogP contribution in [-0.2, 0) is 19.1 Å². The molecule has 1 atom stereocenters. The lowest BCUT2D eigenvalue weighted by Gasteiger charge is -2.39. The third-order valence-corrected chi connectivity index (χ3v) is 3.69. The van der Waals surface area contributed by atoms with Gasteiger partial charge in [0.2, 0.25) is 11.8 Å². The van der Waals surface area contributed by atoms with E-state index in [1.54, 1.807) is 0 Å². The first-order chi connectivity index (χ1) is 9.10. The van der Waals surface area contributed by atoms with E-state index in [0.717, 1.165) is 0 Å². The van der Waals surface area contributed by atoms with Gasteiger partial charge in [0.05, 0.1) is 19.3 Å². The van der Waals surface area contributed by atoms with Crippen molar-refractivity contribution in [1.82, 2.24) is 4.90 Å². The second kappa shape index (κ2) is 5.55. The second-order valence-corrected chi connectivity index (χ2v) is 4.80. The van der Waals surface area contributed by atoms with E-state index in [9.17, 15) is 14.9 Å². The van der Waals surface area contributed by atoms with Crippen molar-refractivity contribution < 1.29 is 19.1 Å². The second-order valence-electron chi connectivity index (χ2n) is 4.80. The highest BCUT2D eigenvalue weighted by Crippen LogP contribution is 2.33. The number of carbonyl (C=O) groups is 2. The minimum atomic E-state index is -1.09. The van der Waals surface area contributed by atoms with Gasteiger partial charge in [-0.2, -0.15) is 5.26 Å². The number of rotatable bonds is 2. The van der Waals surface area contributed by atoms with Crippen molar-refractivity contribution in [2.75, 3.05) is 33.0 Å². The highest BCUT2D eigenvalue weighted by molar-refractivity contribution is 5.91. The number of carbonyl (C=O) groups excluding carboxylic acids is 2. The molecule has 0 aromatic carbocycles. The van der Waals surface area contributed by atoms with E-state index in [4.69, 9.17) is 15.2 Å². The molecule has 2 aliphatic rings. The Kier molecular flexibility index (Phi) is 4.02. The number of nitrogens with zero attached hydrogens (tertiary/aromatic N) is 2. The van der Waals surface area contributed by atoms with Crippen LogP contribution in [0.4, 0.5) is 0 Å². The normalized spacial score (nSPS) is 26.5. The Bertz CT molecular complexity index is 412. The molecule has 7 heteroatoms. The Morgan fingerprint density at radius 3 is 2.53 bits per heavy atom. The Balaban J connectivity index is 2.20. The molecule has 0 aromatic heterocycles. The van der Waals surface area contributed by atoms with Gasteiger partial charge < -0.3 is 20.1 Å². The molecule has 2 saturated heterocycles. The minimum Gasteiger partial charge on any atom is -0.381 e. The van der Waals surface area contributed by atoms with Crippen LogP contribution in [-0.4, -0.2) is 55.7 Å². The molecule has 2 aliphatic heterocycles. The lowest BCUT2D eigenvalue weighted by molar-refractivity contribution is -0.156. The molecule has 2 fully saturated rings. The van der Waals surface area contributed by atoms with E-state index < -0.39 is 17.4 Å². The van der Waals surface area contributed by atoms with Crippen LogP contribution in [0.25, 0.3) is 0 Å². The molecule has 2 N–H and O–H groups in total. The van der Waals surface area contributed by atoms with Crippen LogP contribution in [0.3, 0.4) is 0 Å². The first kappa shape index (κ1) is 13.8. The van der Waals surface area contributed by atoms with E-state index in [1.165, 1.54) is 4.90 Å². The summed E-state index contributed by atoms with van der Waals surface area (Å²) in [5.41, 5.74) is 4.20. The van der Waals surface area contributed by atoms with Crippen LogP contribution in [0.1, 0.15) is 12.8 Å². The molecule has 19 heavy (non-hydrogen) atoms. The maximum absolute atomic E-state index is 12.6. The number of hydrogen-bond acceptors (Lipinski definition) is 5. The number of nitrogens with two attached hydrogens (primary N) is 1. The topological polar surface area (TPSA) is 106 Å². The fraction of sp³-hybridized carbons (Fsp3) is 0.750. The summed E-state index contributed by atoms with van der Waals surface area (Å²) in [6.45, 7) is 1.50. The van der Waals surface area contributed by atoms with Crippen molar-refractivity contribution in [2.45, 2.75) is 18.9 Å². The van der Waals surface area contributed by atoms with Crippen molar-refractivity contribution in [1.29, 1.82) is 5.26 Å². The Morgan fingerprint density at radius 1 is 1.26 bits per heavy atom. The summed E-state index contributed by atoms with van der Waals surface area (Å²) in [4.78, 5) is 25.4. The predicted molar refractivity (Wildman–Crippen MR) is 63.6 cm³/mol. The number of hydrogen-bond donors (Lipinski definition) is 1. The van der Waals surface area contributed by atoms with E-state index in [2.05, 4.69) is 6.07 Å². The standard InChI is InChI=1S/C12H17N3O4/c13-8-12(1-4-18-5-2-12)11(17)15-3-6-19-7-9(15)10(14)16/h9H,1-7H2,(H2,14,16). The van der Waals surface area contributed by atoms with Gasteiger partial charge in [-0.1, -0.05) is 0 Å². The van der Waals surface area contributed by atoms with Crippen molar-refractivity contribution >= 4 is 11.8 Å². The van der Waals surface area contributed by atoms with E-state index in [-0.39, 0.29) is 19.1 Å². The lowest BCUT2D eigenvalue weighted by Crippen LogP contribution is -2.59. The van der Waals surface area contributed by atoms with Gasteiger partial charge in [0.1, 0.15) is 11.5 Å². The van der Waals surface area contributed by atoms with Gasteiger partial charge in [-0.3, -0.25) is 9.59 Å². The summed E-state index contributed by atoms with van der Waals surface area (Å²) in [5.74, 6) is -0.932. The molecule has 0 bridgehead atoms. The Hall–Kier alpha value is -1.65. The minimum absolute atomic E-state index is 0.0963. The van der Waals surface area contributed by atoms with Crippen molar-refractivity contribution in [3.05, 3.63) is 0 Å². The molecule has 0 saturated carbocycles. The molecule has 7 nitrogen and oxygen atoms in total. The molecule has 2 rings (SSSR count). The van der Waals surface area contributed by atoms with Crippen LogP contribution in [0.2, 0.25) is 0 Å². The number of amides is 2. The van der Waals surface area contributed by atoms with Gasteiger partial charge in [-0.05, 0) is 12.8 Å². The molecule has 1 unspecified atom stereocenters. The molecule has 0 aliphatic carbocycles. The highest BCUT2D eigenvalue weighted by Gasteiger charge is 2.46. The average molecular weight is 267 g/mol. The SMILES string of the molecule is N#CC1(C(=O)N2CCOCC2C(N)=O)CCOCC1. The lowest BCUT2D eigenvalue weighted by atomic mass is 9.80. The van der Waals surface area contributed by atoms with Gasteiger partial charge in [0, 0.05) is 19.8 Å². The Labute approximate surface area is 111 Å². The average Bonchev–Trinajstić information content (AvgIpc) is 2.47. The van der Waals surface area contributed by atoms with E-state index in [0.29, 0.717) is 32.7 Å². The van der Waals surface area contributed by atoms with Crippen LogP contribution in [0, 0.1) is 16.7 Å². The third kappa shape index (κ3) is 2.55. The van der Waals surface area contributed by atoms with Crippen LogP contribution in [0.15, 0.2) is 0 Å². The van der Waals surface area contributed by atoms with Crippen LogP contribution < -0.4 is 5.73 Å². The molecule has 2 amide bonds. The van der Waals surface area contributed by atoms with Gasteiger partial charge in [-0.15, -0.1) is 0 Å². The first-order valence-electron chi connectivity index (χ1n) is 6.28. The van der Waals surface area contributed by atoms with Crippen molar-refractivity contribution in [3.63, 3.8) is 0 Å². The number of morpholine rings is 1. The summed E-state index contributed by atoms with van der Waals surface area (Å²) >= 11 is 0. The fourth-order valence-electron chi connectivity index (χ4n) is 2.45. The summed E-state index contributed by atoms with van der Waals surface area (Å²) in [6.07, 6.45) is 0.705. The summed E-state index contributed by atoms with van der Waals surface area (Å²) < 4.78 is 10.4. The predicted octanol–water partition coefficient (Wildman–Crippen LogP) is -0.981. The maximum Gasteiger partial charge on any atom is 0.244 e. The number of ether oxygens (including phenoxy) is 2. The maximum atomic E-state index is 12.6. The summed E-state index contributed by atoms with van der Waals surface area (Å²) in [6, 6.07) is 1.33. The van der Waals surface area contributed by atoms with E-state index in [1.807, 2.05) is 0 Å². The zero-order valence-corrected chi connectivity index (χ0v) is 10.6. The van der Waals surface area contributed by atoms with Gasteiger partial charge in [0.15, 0.2) is 0 Å². The molecule has 0 aromatic rings. The van der Waals surface area contributed by atoms with Gasteiger partial charge >= 0.3 is 0 Å². The van der Waals surface area contributed by atoms with Gasteiger partial charge in [0.25, 0.3) is 0 Å². The third-order valence-electron chi connectivity index (χ3n) is 3.69. The number of nitriles is 1. The number of primary amides is 1. The Morgan fingerprint density at radius 2 is 1.95 bits per heavy atom. The van der Waals surface area contributed by atoms with Crippen LogP contribution in [0.5, 0.6) is 0 Å². The van der Waals surface area contributed by atoms with Gasteiger partial charge in [-0.25, -0.2) is 0 Å². The van der Waals surface area contributed by atoms with Crippen LogP contribution >= 0.6 is 0 Å². The van der Waals surface area contributed by atoms with Crippen molar-refractivity contribution in [3.8, 4) is 6.07 Å². The molecular weight excluding hydrogens is 250 g/mol. The summed E-state index contributed by atoms with van der Waals surface area (Å²) in [5, 5.41) is 9.37. The monoisotopic (exact) mass is 267 g/mol. The summed E-state index contributed by atoms with van der Waals surface area (Å²) in [7, 11) is 0. The molecule has 0 radical (unpaired) electrons. The highest BCUT2D eigenvalue weighted by atomic mass is 16.5. The zero-order valence-electron chi connectivity index (χ0n) is 10.6. The molecule has 2 heterocycles. The molecule has 0 spiro atoms. The zero-order chi connectivity index (χ0) is 13.9.